The zero-order chi connectivity index (χ0) is 32.6. The Kier molecular flexibility index (Phi) is 9.74. The number of aromatic amines is 2. The average molecular weight is 654 g/mol. The third kappa shape index (κ3) is 6.96. The van der Waals surface area contributed by atoms with Crippen LogP contribution in [-0.2, 0) is 43.8 Å². The minimum Gasteiger partial charge on any atom is -0.481 e. The van der Waals surface area contributed by atoms with Gasteiger partial charge in [0.1, 0.15) is 0 Å². The number of H-pyrrole nitrogens is 2. The Morgan fingerprint density at radius 1 is 0.933 bits per heavy atom. The van der Waals surface area contributed by atoms with E-state index in [1.165, 1.54) is 11.8 Å². The minimum atomic E-state index is -0.908. The Hall–Kier alpha value is -3.64. The predicted molar refractivity (Wildman–Crippen MR) is 179 cm³/mol. The van der Waals surface area contributed by atoms with Gasteiger partial charge in [-0.1, -0.05) is 19.9 Å². The number of hydrogen-bond donors (Lipinski definition) is 7. The summed E-state index contributed by atoms with van der Waals surface area (Å²) in [5.41, 5.74) is 6.60. The second-order valence-corrected chi connectivity index (χ2v) is 13.9. The third-order valence-corrected chi connectivity index (χ3v) is 10.6. The molecule has 0 bridgehead atoms. The van der Waals surface area contributed by atoms with Gasteiger partial charge in [-0.2, -0.15) is 12.6 Å². The normalized spacial score (nSPS) is 27.1. The van der Waals surface area contributed by atoms with Crippen molar-refractivity contribution in [3.8, 4) is 0 Å². The van der Waals surface area contributed by atoms with Gasteiger partial charge in [0.05, 0.1) is 12.0 Å². The fraction of sp³-hybridized carbons (Fsp3) is 0.455. The third-order valence-electron chi connectivity index (χ3n) is 9.30. The first kappa shape index (κ1) is 32.7. The second-order valence-electron chi connectivity index (χ2n) is 12.2. The van der Waals surface area contributed by atoms with E-state index in [-0.39, 0.29) is 48.5 Å². The molecule has 6 N–H and O–H groups in total. The maximum atomic E-state index is 12.6. The van der Waals surface area contributed by atoms with Crippen molar-refractivity contribution in [2.45, 2.75) is 64.7 Å². The molecule has 0 spiro atoms. The molecule has 12 heteroatoms. The number of aliphatic carboxylic acids is 2. The van der Waals surface area contributed by atoms with Crippen molar-refractivity contribution in [2.24, 2.45) is 17.8 Å². The number of carboxylic acid groups (broad SMARTS) is 2. The molecule has 0 aliphatic carbocycles. The first-order chi connectivity index (χ1) is 21.4. The van der Waals surface area contributed by atoms with E-state index in [1.807, 2.05) is 52.0 Å². The van der Waals surface area contributed by atoms with E-state index in [9.17, 15) is 29.4 Å². The molecular weight excluding hydrogens is 613 g/mol. The smallest absolute Gasteiger partial charge is 0.303 e. The Morgan fingerprint density at radius 2 is 1.60 bits per heavy atom. The van der Waals surface area contributed by atoms with Crippen LogP contribution in [0.25, 0.3) is 18.2 Å². The molecule has 0 aromatic carbocycles. The first-order valence-electron chi connectivity index (χ1n) is 15.3. The van der Waals surface area contributed by atoms with Crippen LogP contribution in [0.2, 0.25) is 0 Å². The standard InChI is InChI=1S/C33H40N4O6S2/c1-15-19(5-7-29(38)39)25(34-22(15)11-24-17(3)21(9-10-44)33(43)36-24)13-26-20(6-8-30(40)41)16(2)23(35-26)12-27-31(28-14-45-28)18(4)32(42)37-27/h9,11-13,17-18,24,28,31,34-35,44H,5-8,10,14H2,1-4H3,(H,36,43)(H,37,42)(H,38,39)(H,40,41)/p+1/b21-9-,22-11-,25-13+,27-12-/t17?,18-,24-,28+,31-/m1/s1. The molecule has 1 unspecified atom stereocenters. The molecule has 5 atom stereocenters. The number of nitrogens with one attached hydrogen (secondary N) is 4. The van der Waals surface area contributed by atoms with Gasteiger partial charge in [0.15, 0.2) is 11.0 Å². The van der Waals surface area contributed by atoms with Gasteiger partial charge in [-0.15, -0.1) is 0 Å². The van der Waals surface area contributed by atoms with Crippen molar-refractivity contribution in [1.29, 1.82) is 0 Å². The van der Waals surface area contributed by atoms with E-state index >= 15 is 0 Å². The van der Waals surface area contributed by atoms with Crippen molar-refractivity contribution in [3.63, 3.8) is 0 Å². The molecule has 0 radical (unpaired) electrons. The maximum absolute atomic E-state index is 12.6. The molecular formula is C33H41N4O6S2+. The van der Waals surface area contributed by atoms with E-state index in [2.05, 4.69) is 33.2 Å². The number of hydrogen-bond acceptors (Lipinski definition) is 5. The lowest BCUT2D eigenvalue weighted by atomic mass is 9.91. The van der Waals surface area contributed by atoms with Crippen molar-refractivity contribution in [3.05, 3.63) is 61.7 Å². The summed E-state index contributed by atoms with van der Waals surface area (Å²) in [6.45, 7) is 7.83. The highest BCUT2D eigenvalue weighted by Gasteiger charge is 2.52. The Balaban J connectivity index is 1.62. The minimum absolute atomic E-state index is 0.0187. The van der Waals surface area contributed by atoms with Gasteiger partial charge in [-0.25, -0.2) is 0 Å². The monoisotopic (exact) mass is 653 g/mol. The van der Waals surface area contributed by atoms with E-state index in [1.54, 1.807) is 0 Å². The van der Waals surface area contributed by atoms with Crippen LogP contribution in [0.4, 0.5) is 0 Å². The van der Waals surface area contributed by atoms with Gasteiger partial charge < -0.3 is 30.8 Å². The van der Waals surface area contributed by atoms with E-state index in [0.717, 1.165) is 55.8 Å². The molecule has 2 aromatic rings. The summed E-state index contributed by atoms with van der Waals surface area (Å²) in [6, 6.07) is -0.249. The van der Waals surface area contributed by atoms with Gasteiger partial charge in [0, 0.05) is 63.8 Å². The summed E-state index contributed by atoms with van der Waals surface area (Å²) in [4.78, 5) is 55.2. The number of carbonyl (C=O) groups excluding carboxylic acids is 2. The number of allylic oxidation sites excluding steroid dienone is 1. The quantitative estimate of drug-likeness (QED) is 0.0842. The van der Waals surface area contributed by atoms with Crippen LogP contribution < -0.4 is 21.3 Å². The number of carbonyl (C=O) groups is 4. The molecule has 3 saturated heterocycles. The van der Waals surface area contributed by atoms with Crippen LogP contribution >= 0.6 is 12.6 Å². The molecule has 10 nitrogen and oxygen atoms in total. The van der Waals surface area contributed by atoms with Gasteiger partial charge in [0.25, 0.3) is 0 Å². The average Bonchev–Trinajstić information content (AvgIpc) is 3.56. The lowest BCUT2D eigenvalue weighted by molar-refractivity contribution is -0.138. The summed E-state index contributed by atoms with van der Waals surface area (Å²) >= 11 is 5.59. The lowest BCUT2D eigenvalue weighted by Gasteiger charge is -2.09. The van der Waals surface area contributed by atoms with Crippen LogP contribution in [0.15, 0.2) is 17.3 Å². The van der Waals surface area contributed by atoms with Crippen molar-refractivity contribution in [2.75, 3.05) is 11.5 Å². The summed E-state index contributed by atoms with van der Waals surface area (Å²) in [7, 11) is 0. The number of amides is 2. The zero-order valence-electron chi connectivity index (χ0n) is 25.9. The van der Waals surface area contributed by atoms with Crippen LogP contribution in [0.1, 0.15) is 60.3 Å². The molecule has 5 heterocycles. The highest BCUT2D eigenvalue weighted by molar-refractivity contribution is 7.86. The van der Waals surface area contributed by atoms with Crippen LogP contribution in [0.5, 0.6) is 0 Å². The molecule has 3 aliphatic heterocycles. The van der Waals surface area contributed by atoms with E-state index in [0.29, 0.717) is 29.4 Å². The van der Waals surface area contributed by atoms with Crippen LogP contribution in [0, 0.1) is 31.6 Å². The van der Waals surface area contributed by atoms with Crippen molar-refractivity contribution in [1.82, 2.24) is 20.6 Å². The molecule has 3 aliphatic rings. The zero-order valence-corrected chi connectivity index (χ0v) is 27.6. The van der Waals surface area contributed by atoms with Gasteiger partial charge in [-0.05, 0) is 78.9 Å². The molecule has 2 aromatic heterocycles. The summed E-state index contributed by atoms with van der Waals surface area (Å²) in [5, 5.41) is 27.0. The molecule has 2 amide bonds. The van der Waals surface area contributed by atoms with Gasteiger partial charge in [-0.3, -0.25) is 19.2 Å². The Labute approximate surface area is 271 Å². The summed E-state index contributed by atoms with van der Waals surface area (Å²) < 4.78 is 0. The fourth-order valence-corrected chi connectivity index (χ4v) is 7.75. The SMILES string of the molecule is Cc1c(/C=C2\NC(=O)[C@H](C)[C@H]2[C@@H]2C[SH+]2)[nH]c(/C=c2/[nH]/c(=C\[C@H]3NC(=O)/C(=C\CS)C3C)c(C)c2CCC(=O)O)c1CCC(=O)O. The molecule has 3 fully saturated rings. The Morgan fingerprint density at radius 3 is 2.22 bits per heavy atom. The van der Waals surface area contributed by atoms with E-state index < -0.39 is 11.9 Å². The lowest BCUT2D eigenvalue weighted by Crippen LogP contribution is -2.28. The van der Waals surface area contributed by atoms with Crippen LogP contribution in [0.3, 0.4) is 0 Å². The second kappa shape index (κ2) is 13.4. The molecule has 5 rings (SSSR count). The maximum Gasteiger partial charge on any atom is 0.303 e. The predicted octanol–water partition coefficient (Wildman–Crippen LogP) is 1.51. The number of thiol groups is 2. The van der Waals surface area contributed by atoms with Crippen molar-refractivity contribution < 1.29 is 29.4 Å². The fourth-order valence-electron chi connectivity index (χ4n) is 6.56. The molecule has 0 saturated carbocycles. The number of aromatic nitrogens is 2. The van der Waals surface area contributed by atoms with Gasteiger partial charge in [0.2, 0.25) is 11.8 Å². The van der Waals surface area contributed by atoms with Gasteiger partial charge >= 0.3 is 11.9 Å². The summed E-state index contributed by atoms with van der Waals surface area (Å²) in [6.07, 6.45) is 8.18. The topological polar surface area (TPSA) is 164 Å². The van der Waals surface area contributed by atoms with Crippen molar-refractivity contribution >= 4 is 66.4 Å². The number of carboxylic acids is 2. The highest BCUT2D eigenvalue weighted by atomic mass is 32.2. The largest absolute Gasteiger partial charge is 0.481 e. The Bertz CT molecular complexity index is 1730. The molecule has 240 valence electrons. The molecule has 45 heavy (non-hydrogen) atoms. The summed E-state index contributed by atoms with van der Waals surface area (Å²) in [5.74, 6) is -0.412. The van der Waals surface area contributed by atoms with Crippen LogP contribution in [-0.4, -0.2) is 66.7 Å². The first-order valence-corrected chi connectivity index (χ1v) is 17.0. The van der Waals surface area contributed by atoms with E-state index in [4.69, 9.17) is 0 Å². The highest BCUT2D eigenvalue weighted by Crippen LogP contribution is 2.38. The number of rotatable bonds is 11.